The highest BCUT2D eigenvalue weighted by Gasteiger charge is 2.14. The summed E-state index contributed by atoms with van der Waals surface area (Å²) in [6.07, 6.45) is 2.23. The maximum absolute atomic E-state index is 12.7. The zero-order valence-corrected chi connectivity index (χ0v) is 15.8. The molecule has 0 fully saturated rings. The number of nitrogens with two attached hydrogens (primary N) is 1. The molecule has 4 aromatic rings. The summed E-state index contributed by atoms with van der Waals surface area (Å²) >= 11 is 0. The van der Waals surface area contributed by atoms with Crippen LogP contribution in [-0.4, -0.2) is 16.4 Å². The molecular formula is C24H21N3O2. The molecule has 0 aliphatic heterocycles. The smallest absolute Gasteiger partial charge is 0.250 e. The van der Waals surface area contributed by atoms with E-state index in [4.69, 9.17) is 5.73 Å². The molecule has 2 amide bonds. The van der Waals surface area contributed by atoms with Crippen LogP contribution in [0.15, 0.2) is 85.1 Å². The molecule has 0 saturated carbocycles. The molecule has 0 atom stereocenters. The van der Waals surface area contributed by atoms with Crippen molar-refractivity contribution in [1.29, 1.82) is 0 Å². The van der Waals surface area contributed by atoms with Crippen LogP contribution in [0.5, 0.6) is 0 Å². The van der Waals surface area contributed by atoms with Crippen LogP contribution in [0, 0.1) is 0 Å². The van der Waals surface area contributed by atoms with Gasteiger partial charge >= 0.3 is 0 Å². The molecule has 0 unspecified atom stereocenters. The van der Waals surface area contributed by atoms with Gasteiger partial charge in [-0.15, -0.1) is 0 Å². The fourth-order valence-electron chi connectivity index (χ4n) is 3.55. The Hall–Kier alpha value is -3.86. The van der Waals surface area contributed by atoms with Gasteiger partial charge in [-0.1, -0.05) is 60.7 Å². The van der Waals surface area contributed by atoms with Gasteiger partial charge in [-0.25, -0.2) is 0 Å². The van der Waals surface area contributed by atoms with Crippen molar-refractivity contribution in [3.63, 3.8) is 0 Å². The zero-order chi connectivity index (χ0) is 20.2. The van der Waals surface area contributed by atoms with Crippen LogP contribution in [0.2, 0.25) is 0 Å². The minimum Gasteiger partial charge on any atom is -0.366 e. The first-order chi connectivity index (χ1) is 14.1. The molecule has 1 heterocycles. The molecular weight excluding hydrogens is 362 g/mol. The molecule has 0 aliphatic rings. The third kappa shape index (κ3) is 4.04. The number of para-hydroxylation sites is 2. The number of hydrogen-bond donors (Lipinski definition) is 2. The predicted octanol–water partition coefficient (Wildman–Crippen LogP) is 3.97. The van der Waals surface area contributed by atoms with E-state index in [-0.39, 0.29) is 12.3 Å². The minimum atomic E-state index is -0.569. The summed E-state index contributed by atoms with van der Waals surface area (Å²) in [5.41, 5.74) is 9.34. The molecule has 0 aliphatic carbocycles. The lowest BCUT2D eigenvalue weighted by Gasteiger charge is -2.08. The Morgan fingerprint density at radius 2 is 1.55 bits per heavy atom. The molecule has 0 radical (unpaired) electrons. The number of rotatable bonds is 6. The van der Waals surface area contributed by atoms with Crippen LogP contribution in [0.3, 0.4) is 0 Å². The Morgan fingerprint density at radius 3 is 2.34 bits per heavy atom. The van der Waals surface area contributed by atoms with E-state index in [1.165, 1.54) is 5.56 Å². The van der Waals surface area contributed by atoms with Crippen molar-refractivity contribution in [2.24, 2.45) is 5.73 Å². The van der Waals surface area contributed by atoms with E-state index in [1.807, 2.05) is 42.6 Å². The summed E-state index contributed by atoms with van der Waals surface area (Å²) in [6, 6.07) is 25.0. The number of amides is 2. The van der Waals surface area contributed by atoms with E-state index >= 15 is 0 Å². The molecule has 3 N–H and O–H groups in total. The lowest BCUT2D eigenvalue weighted by atomic mass is 10.1. The average Bonchev–Trinajstić information content (AvgIpc) is 3.06. The number of benzene rings is 3. The fourth-order valence-corrected chi connectivity index (χ4v) is 3.55. The van der Waals surface area contributed by atoms with Gasteiger partial charge < -0.3 is 15.6 Å². The number of anilines is 1. The minimum absolute atomic E-state index is 0.193. The molecule has 5 heteroatoms. The molecule has 144 valence electrons. The van der Waals surface area contributed by atoms with Gasteiger partial charge in [-0.2, -0.15) is 0 Å². The summed E-state index contributed by atoms with van der Waals surface area (Å²) in [5.74, 6) is -0.762. The quantitative estimate of drug-likeness (QED) is 0.528. The number of hydrogen-bond acceptors (Lipinski definition) is 2. The number of nitrogens with zero attached hydrogens (tertiary/aromatic N) is 1. The Bertz CT molecular complexity index is 1180. The molecule has 1 aromatic heterocycles. The SMILES string of the molecule is NC(=O)c1ccccc1NC(=O)Cc1cn(Cc2ccccc2)c2ccccc12. The predicted molar refractivity (Wildman–Crippen MR) is 115 cm³/mol. The highest BCUT2D eigenvalue weighted by atomic mass is 16.2. The maximum atomic E-state index is 12.7. The first-order valence-electron chi connectivity index (χ1n) is 9.41. The molecule has 0 saturated heterocycles. The van der Waals surface area contributed by atoms with Gasteiger partial charge in [0.15, 0.2) is 0 Å². The van der Waals surface area contributed by atoms with Gasteiger partial charge in [-0.3, -0.25) is 9.59 Å². The highest BCUT2D eigenvalue weighted by molar-refractivity contribution is 6.04. The number of fused-ring (bicyclic) bond motifs is 1. The maximum Gasteiger partial charge on any atom is 0.250 e. The number of carbonyl (C=O) groups excluding carboxylic acids is 2. The highest BCUT2D eigenvalue weighted by Crippen LogP contribution is 2.24. The first-order valence-corrected chi connectivity index (χ1v) is 9.41. The number of nitrogens with one attached hydrogen (secondary N) is 1. The molecule has 0 bridgehead atoms. The van der Waals surface area contributed by atoms with Gasteiger partial charge in [0.05, 0.1) is 17.7 Å². The average molecular weight is 383 g/mol. The van der Waals surface area contributed by atoms with Gasteiger partial charge in [-0.05, 0) is 29.3 Å². The van der Waals surface area contributed by atoms with Crippen LogP contribution >= 0.6 is 0 Å². The van der Waals surface area contributed by atoms with Crippen LogP contribution in [0.4, 0.5) is 5.69 Å². The van der Waals surface area contributed by atoms with Crippen LogP contribution < -0.4 is 11.1 Å². The van der Waals surface area contributed by atoms with Gasteiger partial charge in [0.25, 0.3) is 5.91 Å². The topological polar surface area (TPSA) is 77.1 Å². The van der Waals surface area contributed by atoms with E-state index in [0.29, 0.717) is 11.3 Å². The Morgan fingerprint density at radius 1 is 0.862 bits per heavy atom. The molecule has 4 rings (SSSR count). The van der Waals surface area contributed by atoms with Crippen molar-refractivity contribution in [2.45, 2.75) is 13.0 Å². The van der Waals surface area contributed by atoms with Crippen LogP contribution in [-0.2, 0) is 17.8 Å². The summed E-state index contributed by atoms with van der Waals surface area (Å²) in [4.78, 5) is 24.3. The van der Waals surface area contributed by atoms with Crippen molar-refractivity contribution in [1.82, 2.24) is 4.57 Å². The normalized spacial score (nSPS) is 10.8. The Labute approximate surface area is 168 Å². The van der Waals surface area contributed by atoms with Crippen molar-refractivity contribution in [3.05, 3.63) is 102 Å². The molecule has 5 nitrogen and oxygen atoms in total. The van der Waals surface area contributed by atoms with E-state index in [1.54, 1.807) is 24.3 Å². The van der Waals surface area contributed by atoms with Crippen LogP contribution in [0.25, 0.3) is 10.9 Å². The van der Waals surface area contributed by atoms with E-state index in [0.717, 1.165) is 23.0 Å². The van der Waals surface area contributed by atoms with Gasteiger partial charge in [0, 0.05) is 23.6 Å². The number of carbonyl (C=O) groups is 2. The Balaban J connectivity index is 1.60. The summed E-state index contributed by atoms with van der Waals surface area (Å²) in [6.45, 7) is 0.730. The van der Waals surface area contributed by atoms with Crippen molar-refractivity contribution >= 4 is 28.4 Å². The monoisotopic (exact) mass is 383 g/mol. The number of aromatic nitrogens is 1. The fraction of sp³-hybridized carbons (Fsp3) is 0.0833. The lowest BCUT2D eigenvalue weighted by molar-refractivity contribution is -0.115. The zero-order valence-electron chi connectivity index (χ0n) is 15.8. The van der Waals surface area contributed by atoms with E-state index < -0.39 is 5.91 Å². The third-order valence-electron chi connectivity index (χ3n) is 4.88. The molecule has 29 heavy (non-hydrogen) atoms. The van der Waals surface area contributed by atoms with E-state index in [9.17, 15) is 9.59 Å². The van der Waals surface area contributed by atoms with Crippen molar-refractivity contribution in [3.8, 4) is 0 Å². The standard InChI is InChI=1S/C24H21N3O2/c25-24(29)20-11-4-6-12-21(20)26-23(28)14-18-16-27(15-17-8-2-1-3-9-17)22-13-7-5-10-19(18)22/h1-13,16H,14-15H2,(H2,25,29)(H,26,28). The van der Waals surface area contributed by atoms with Crippen LogP contribution in [0.1, 0.15) is 21.5 Å². The first kappa shape index (κ1) is 18.5. The lowest BCUT2D eigenvalue weighted by Crippen LogP contribution is -2.19. The van der Waals surface area contributed by atoms with Crippen molar-refractivity contribution in [2.75, 3.05) is 5.32 Å². The summed E-state index contributed by atoms with van der Waals surface area (Å²) < 4.78 is 2.16. The number of primary amides is 1. The second-order valence-corrected chi connectivity index (χ2v) is 6.92. The third-order valence-corrected chi connectivity index (χ3v) is 4.88. The molecule has 0 spiro atoms. The Kier molecular flexibility index (Phi) is 5.12. The van der Waals surface area contributed by atoms with Crippen molar-refractivity contribution < 1.29 is 9.59 Å². The van der Waals surface area contributed by atoms with Gasteiger partial charge in [0.2, 0.25) is 5.91 Å². The van der Waals surface area contributed by atoms with Gasteiger partial charge in [0.1, 0.15) is 0 Å². The largest absolute Gasteiger partial charge is 0.366 e. The second kappa shape index (κ2) is 8.02. The molecule has 3 aromatic carbocycles. The summed E-state index contributed by atoms with van der Waals surface area (Å²) in [5, 5.41) is 3.86. The second-order valence-electron chi connectivity index (χ2n) is 6.92. The van der Waals surface area contributed by atoms with E-state index in [2.05, 4.69) is 28.1 Å². The summed E-state index contributed by atoms with van der Waals surface area (Å²) in [7, 11) is 0.